The number of carbonyl (C=O) groups is 1. The average molecular weight is 233 g/mol. The van der Waals surface area contributed by atoms with Crippen molar-refractivity contribution in [1.82, 2.24) is 4.98 Å². The molecule has 2 aromatic rings. The number of fused-ring (bicyclic) bond motifs is 1. The first-order valence-corrected chi connectivity index (χ1v) is 5.02. The zero-order valence-corrected chi connectivity index (χ0v) is 9.19. The molecule has 0 saturated carbocycles. The Hall–Kier alpha value is -2.30. The minimum atomic E-state index is -1.02. The maximum absolute atomic E-state index is 11.9. The molecule has 1 heterocycles. The van der Waals surface area contributed by atoms with Gasteiger partial charge < -0.3 is 14.8 Å². The Morgan fingerprint density at radius 1 is 1.47 bits per heavy atom. The van der Waals surface area contributed by atoms with Crippen molar-refractivity contribution in [2.24, 2.45) is 0 Å². The second-order valence-electron chi connectivity index (χ2n) is 3.63. The number of pyridine rings is 1. The first kappa shape index (κ1) is 11.2. The number of aromatic amines is 1. The van der Waals surface area contributed by atoms with Gasteiger partial charge >= 0.3 is 5.97 Å². The number of carboxylic acid groups (broad SMARTS) is 1. The van der Waals surface area contributed by atoms with E-state index in [1.54, 1.807) is 18.2 Å². The third kappa shape index (κ3) is 2.13. The van der Waals surface area contributed by atoms with Crippen LogP contribution in [-0.4, -0.2) is 23.2 Å². The van der Waals surface area contributed by atoms with Gasteiger partial charge in [-0.25, -0.2) is 0 Å². The van der Waals surface area contributed by atoms with E-state index in [-0.39, 0.29) is 17.4 Å². The Labute approximate surface area is 96.7 Å². The van der Waals surface area contributed by atoms with Crippen LogP contribution in [0.4, 0.5) is 0 Å². The van der Waals surface area contributed by atoms with Crippen molar-refractivity contribution >= 4 is 16.9 Å². The first-order valence-electron chi connectivity index (χ1n) is 5.02. The Bertz CT molecular complexity index is 630. The summed E-state index contributed by atoms with van der Waals surface area (Å²) in [5, 5.41) is 9.14. The van der Waals surface area contributed by atoms with Gasteiger partial charge in [0.15, 0.2) is 5.43 Å². The van der Waals surface area contributed by atoms with Gasteiger partial charge in [-0.1, -0.05) is 0 Å². The van der Waals surface area contributed by atoms with Crippen molar-refractivity contribution in [3.8, 4) is 5.75 Å². The van der Waals surface area contributed by atoms with E-state index in [0.717, 1.165) is 0 Å². The highest BCUT2D eigenvalue weighted by molar-refractivity contribution is 5.81. The Morgan fingerprint density at radius 2 is 2.24 bits per heavy atom. The highest BCUT2D eigenvalue weighted by Gasteiger charge is 2.08. The molecule has 0 bridgehead atoms. The molecule has 2 rings (SSSR count). The number of H-pyrrole nitrogens is 1. The Kier molecular flexibility index (Phi) is 2.82. The van der Waals surface area contributed by atoms with Crippen molar-refractivity contribution in [2.75, 3.05) is 7.11 Å². The number of methoxy groups -OCH3 is 1. The molecule has 5 nitrogen and oxygen atoms in total. The van der Waals surface area contributed by atoms with Gasteiger partial charge in [0.25, 0.3) is 0 Å². The minimum Gasteiger partial charge on any atom is -0.497 e. The van der Waals surface area contributed by atoms with E-state index in [0.29, 0.717) is 16.7 Å². The third-order valence-electron chi connectivity index (χ3n) is 2.51. The van der Waals surface area contributed by atoms with Gasteiger partial charge in [0.2, 0.25) is 0 Å². The van der Waals surface area contributed by atoms with E-state index in [9.17, 15) is 9.59 Å². The summed E-state index contributed by atoms with van der Waals surface area (Å²) in [6.45, 7) is 0. The number of nitrogens with one attached hydrogen (secondary N) is 1. The summed E-state index contributed by atoms with van der Waals surface area (Å²) in [6.07, 6.45) is 1.15. The van der Waals surface area contributed by atoms with Gasteiger partial charge in [-0.15, -0.1) is 0 Å². The van der Waals surface area contributed by atoms with Gasteiger partial charge in [0.1, 0.15) is 5.75 Å². The number of hydrogen-bond donors (Lipinski definition) is 2. The van der Waals surface area contributed by atoms with Gasteiger partial charge in [-0.2, -0.15) is 0 Å². The standard InChI is InChI=1S/C12H11NO4/c1-17-8-2-3-9-10(5-8)13-6-7(12(9)16)4-11(14)15/h2-3,5-6H,4H2,1H3,(H,13,16)(H,14,15). The van der Waals surface area contributed by atoms with Gasteiger partial charge in [-0.05, 0) is 12.1 Å². The second kappa shape index (κ2) is 4.29. The molecule has 1 aromatic heterocycles. The first-order chi connectivity index (χ1) is 8.11. The molecule has 0 atom stereocenters. The summed E-state index contributed by atoms with van der Waals surface area (Å²) in [6, 6.07) is 4.99. The molecule has 0 saturated heterocycles. The highest BCUT2D eigenvalue weighted by Crippen LogP contribution is 2.16. The molecule has 0 spiro atoms. The molecule has 0 unspecified atom stereocenters. The lowest BCUT2D eigenvalue weighted by Gasteiger charge is -2.03. The van der Waals surface area contributed by atoms with Crippen LogP contribution in [0.3, 0.4) is 0 Å². The SMILES string of the molecule is COc1ccc2c(=O)c(CC(=O)O)c[nH]c2c1. The number of hydrogen-bond acceptors (Lipinski definition) is 3. The van der Waals surface area contributed by atoms with E-state index in [4.69, 9.17) is 9.84 Å². The van der Waals surface area contributed by atoms with Gasteiger partial charge in [0.05, 0.1) is 19.0 Å². The van der Waals surface area contributed by atoms with Crippen LogP contribution in [0.2, 0.25) is 0 Å². The van der Waals surface area contributed by atoms with Crippen molar-refractivity contribution in [2.45, 2.75) is 6.42 Å². The highest BCUT2D eigenvalue weighted by atomic mass is 16.5. The maximum atomic E-state index is 11.9. The summed E-state index contributed by atoms with van der Waals surface area (Å²) < 4.78 is 5.04. The fourth-order valence-corrected chi connectivity index (χ4v) is 1.67. The quantitative estimate of drug-likeness (QED) is 0.833. The predicted molar refractivity (Wildman–Crippen MR) is 62.5 cm³/mol. The lowest BCUT2D eigenvalue weighted by Crippen LogP contribution is -2.14. The van der Waals surface area contributed by atoms with Crippen molar-refractivity contribution in [3.63, 3.8) is 0 Å². The maximum Gasteiger partial charge on any atom is 0.308 e. The summed E-state index contributed by atoms with van der Waals surface area (Å²) >= 11 is 0. The van der Waals surface area contributed by atoms with Crippen LogP contribution in [0, 0.1) is 0 Å². The minimum absolute atomic E-state index is 0.246. The predicted octanol–water partition coefficient (Wildman–Crippen LogP) is 1.16. The van der Waals surface area contributed by atoms with Crippen LogP contribution < -0.4 is 10.2 Å². The number of aromatic nitrogens is 1. The van der Waals surface area contributed by atoms with Crippen LogP contribution >= 0.6 is 0 Å². The Morgan fingerprint density at radius 3 is 2.88 bits per heavy atom. The number of ether oxygens (including phenoxy) is 1. The number of aliphatic carboxylic acids is 1. The zero-order valence-electron chi connectivity index (χ0n) is 9.19. The normalized spacial score (nSPS) is 10.4. The van der Waals surface area contributed by atoms with Crippen molar-refractivity contribution < 1.29 is 14.6 Å². The smallest absolute Gasteiger partial charge is 0.308 e. The van der Waals surface area contributed by atoms with E-state index in [1.807, 2.05) is 0 Å². The van der Waals surface area contributed by atoms with Crippen LogP contribution in [0.25, 0.3) is 10.9 Å². The molecule has 0 radical (unpaired) electrons. The average Bonchev–Trinajstić information content (AvgIpc) is 2.32. The fraction of sp³-hybridized carbons (Fsp3) is 0.167. The number of rotatable bonds is 3. The monoisotopic (exact) mass is 233 g/mol. The topological polar surface area (TPSA) is 79.4 Å². The molecule has 0 amide bonds. The zero-order chi connectivity index (χ0) is 12.4. The molecule has 17 heavy (non-hydrogen) atoms. The van der Waals surface area contributed by atoms with Crippen molar-refractivity contribution in [3.05, 3.63) is 40.2 Å². The van der Waals surface area contributed by atoms with Gasteiger partial charge in [0, 0.05) is 23.2 Å². The molecular weight excluding hydrogens is 222 g/mol. The summed E-state index contributed by atoms with van der Waals surface area (Å²) in [5.41, 5.74) is 0.613. The molecule has 0 aliphatic rings. The summed E-state index contributed by atoms with van der Waals surface area (Å²) in [7, 11) is 1.54. The van der Waals surface area contributed by atoms with Crippen molar-refractivity contribution in [1.29, 1.82) is 0 Å². The van der Waals surface area contributed by atoms with Crippen LogP contribution in [0.15, 0.2) is 29.2 Å². The van der Waals surface area contributed by atoms with E-state index < -0.39 is 5.97 Å². The van der Waals surface area contributed by atoms with E-state index in [2.05, 4.69) is 4.98 Å². The van der Waals surface area contributed by atoms with Crippen LogP contribution in [-0.2, 0) is 11.2 Å². The third-order valence-corrected chi connectivity index (χ3v) is 2.51. The lowest BCUT2D eigenvalue weighted by atomic mass is 10.1. The summed E-state index contributed by atoms with van der Waals surface area (Å²) in [5.74, 6) is -0.387. The molecule has 5 heteroatoms. The van der Waals surface area contributed by atoms with Crippen LogP contribution in [0.5, 0.6) is 5.75 Å². The van der Waals surface area contributed by atoms with Crippen LogP contribution in [0.1, 0.15) is 5.56 Å². The largest absolute Gasteiger partial charge is 0.497 e. The summed E-state index contributed by atoms with van der Waals surface area (Å²) in [4.78, 5) is 25.4. The second-order valence-corrected chi connectivity index (χ2v) is 3.63. The van der Waals surface area contributed by atoms with E-state index >= 15 is 0 Å². The fourth-order valence-electron chi connectivity index (χ4n) is 1.67. The molecular formula is C12H11NO4. The lowest BCUT2D eigenvalue weighted by molar-refractivity contribution is -0.136. The molecule has 88 valence electrons. The Balaban J connectivity index is 2.60. The van der Waals surface area contributed by atoms with Gasteiger partial charge in [-0.3, -0.25) is 9.59 Å². The molecule has 0 fully saturated rings. The molecule has 1 aromatic carbocycles. The number of carboxylic acids is 1. The molecule has 2 N–H and O–H groups in total. The number of benzene rings is 1. The van der Waals surface area contributed by atoms with E-state index in [1.165, 1.54) is 13.3 Å². The molecule has 0 aliphatic carbocycles. The molecule has 0 aliphatic heterocycles.